The number of fused-ring (bicyclic) bond motifs is 2. The van der Waals surface area contributed by atoms with Crippen molar-refractivity contribution >= 4 is 29.0 Å². The standard InChI is InChI=1S/C21H24ClN3O/c1-15-7-8-19-16(13-15)21(9-11-24(2)12-10-21)14-25(19)20(26)23-18-6-4-3-5-17(18)22/h3-8,13H,9-12,14H2,1-2H3,(H,23,26). The lowest BCUT2D eigenvalue weighted by atomic mass is 9.74. The molecule has 2 heterocycles. The highest BCUT2D eigenvalue weighted by Gasteiger charge is 2.46. The molecule has 5 heteroatoms. The fourth-order valence-corrected chi connectivity index (χ4v) is 4.37. The molecule has 2 aromatic rings. The SMILES string of the molecule is Cc1ccc2c(c1)C1(CCN(C)CC1)CN2C(=O)Nc1ccccc1Cl. The highest BCUT2D eigenvalue weighted by atomic mass is 35.5. The molecule has 1 saturated heterocycles. The first kappa shape index (κ1) is 17.4. The van der Waals surface area contributed by atoms with Crippen LogP contribution < -0.4 is 10.2 Å². The molecule has 0 saturated carbocycles. The minimum absolute atomic E-state index is 0.0612. The van der Waals surface area contributed by atoms with Gasteiger partial charge in [0.2, 0.25) is 0 Å². The first-order valence-corrected chi connectivity index (χ1v) is 9.49. The van der Waals surface area contributed by atoms with Crippen molar-refractivity contribution in [1.82, 2.24) is 4.90 Å². The van der Waals surface area contributed by atoms with E-state index < -0.39 is 0 Å². The Morgan fingerprint density at radius 3 is 2.62 bits per heavy atom. The molecule has 1 N–H and O–H groups in total. The number of aryl methyl sites for hydroxylation is 1. The van der Waals surface area contributed by atoms with Gasteiger partial charge in [0.25, 0.3) is 0 Å². The third-order valence-corrected chi connectivity index (χ3v) is 6.11. The summed E-state index contributed by atoms with van der Waals surface area (Å²) < 4.78 is 0. The monoisotopic (exact) mass is 369 g/mol. The van der Waals surface area contributed by atoms with Crippen molar-refractivity contribution in [3.05, 3.63) is 58.6 Å². The maximum atomic E-state index is 13.1. The molecule has 0 aliphatic carbocycles. The topological polar surface area (TPSA) is 35.6 Å². The van der Waals surface area contributed by atoms with Crippen LogP contribution >= 0.6 is 11.6 Å². The first-order valence-electron chi connectivity index (χ1n) is 9.11. The van der Waals surface area contributed by atoms with Gasteiger partial charge in [-0.15, -0.1) is 0 Å². The number of carbonyl (C=O) groups excluding carboxylic acids is 1. The molecule has 26 heavy (non-hydrogen) atoms. The molecule has 2 aromatic carbocycles. The zero-order chi connectivity index (χ0) is 18.3. The van der Waals surface area contributed by atoms with E-state index in [9.17, 15) is 4.79 Å². The van der Waals surface area contributed by atoms with Gasteiger partial charge < -0.3 is 10.2 Å². The summed E-state index contributed by atoms with van der Waals surface area (Å²) in [6, 6.07) is 13.7. The van der Waals surface area contributed by atoms with Gasteiger partial charge in [-0.2, -0.15) is 0 Å². The molecule has 0 unspecified atom stereocenters. The van der Waals surface area contributed by atoms with Crippen LogP contribution in [0.25, 0.3) is 0 Å². The summed E-state index contributed by atoms with van der Waals surface area (Å²) in [7, 11) is 2.17. The smallest absolute Gasteiger partial charge is 0.306 e. The normalized spacial score (nSPS) is 18.8. The van der Waals surface area contributed by atoms with Crippen molar-refractivity contribution in [2.45, 2.75) is 25.2 Å². The molecule has 4 nitrogen and oxygen atoms in total. The third kappa shape index (κ3) is 2.97. The number of piperidine rings is 1. The van der Waals surface area contributed by atoms with Crippen LogP contribution in [0.5, 0.6) is 0 Å². The van der Waals surface area contributed by atoms with Gasteiger partial charge in [-0.05, 0) is 63.7 Å². The minimum Gasteiger partial charge on any atom is -0.306 e. The van der Waals surface area contributed by atoms with Crippen molar-refractivity contribution in [3.63, 3.8) is 0 Å². The molecule has 1 fully saturated rings. The van der Waals surface area contributed by atoms with Crippen LogP contribution in [0.3, 0.4) is 0 Å². The van der Waals surface area contributed by atoms with Gasteiger partial charge in [-0.3, -0.25) is 4.90 Å². The Labute approximate surface area is 159 Å². The Morgan fingerprint density at radius 2 is 1.88 bits per heavy atom. The van der Waals surface area contributed by atoms with Gasteiger partial charge >= 0.3 is 6.03 Å². The summed E-state index contributed by atoms with van der Waals surface area (Å²) in [4.78, 5) is 17.3. The summed E-state index contributed by atoms with van der Waals surface area (Å²) in [6.45, 7) is 4.98. The van der Waals surface area contributed by atoms with Crippen LogP contribution in [-0.4, -0.2) is 37.6 Å². The molecule has 2 aliphatic heterocycles. The van der Waals surface area contributed by atoms with Crippen LogP contribution in [0.15, 0.2) is 42.5 Å². The molecule has 1 spiro atoms. The van der Waals surface area contributed by atoms with E-state index in [0.29, 0.717) is 10.7 Å². The van der Waals surface area contributed by atoms with Crippen LogP contribution in [0.4, 0.5) is 16.2 Å². The number of urea groups is 1. The number of nitrogens with one attached hydrogen (secondary N) is 1. The van der Waals surface area contributed by atoms with Gasteiger partial charge in [0, 0.05) is 17.6 Å². The van der Waals surface area contributed by atoms with Gasteiger partial charge in [0.15, 0.2) is 0 Å². The quantitative estimate of drug-likeness (QED) is 0.793. The second-order valence-electron chi connectivity index (χ2n) is 7.60. The molecule has 2 amide bonds. The molecule has 0 aromatic heterocycles. The summed E-state index contributed by atoms with van der Waals surface area (Å²) in [5.41, 5.74) is 4.31. The Hall–Kier alpha value is -2.04. The average molecular weight is 370 g/mol. The highest BCUT2D eigenvalue weighted by molar-refractivity contribution is 6.33. The van der Waals surface area contributed by atoms with E-state index in [2.05, 4.69) is 42.4 Å². The molecule has 2 aliphatic rings. The highest BCUT2D eigenvalue weighted by Crippen LogP contribution is 2.47. The number of hydrogen-bond donors (Lipinski definition) is 1. The van der Waals surface area contributed by atoms with Crippen LogP contribution in [0, 0.1) is 6.92 Å². The Bertz CT molecular complexity index is 843. The first-order chi connectivity index (χ1) is 12.5. The number of likely N-dealkylation sites (tertiary alicyclic amines) is 1. The Balaban J connectivity index is 1.66. The fraction of sp³-hybridized carbons (Fsp3) is 0.381. The maximum absolute atomic E-state index is 13.1. The van der Waals surface area contributed by atoms with Gasteiger partial charge in [0.05, 0.1) is 10.7 Å². The molecule has 136 valence electrons. The summed E-state index contributed by atoms with van der Waals surface area (Å²) in [6.07, 6.45) is 2.16. The molecule has 0 atom stereocenters. The number of benzene rings is 2. The van der Waals surface area contributed by atoms with Gasteiger partial charge in [-0.25, -0.2) is 4.79 Å². The lowest BCUT2D eigenvalue weighted by Gasteiger charge is -2.38. The zero-order valence-corrected chi connectivity index (χ0v) is 16.0. The summed E-state index contributed by atoms with van der Waals surface area (Å²) in [5.74, 6) is 0. The number of carbonyl (C=O) groups is 1. The number of hydrogen-bond acceptors (Lipinski definition) is 2. The van der Waals surface area contributed by atoms with Crippen molar-refractivity contribution in [3.8, 4) is 0 Å². The molecule has 4 rings (SSSR count). The van der Waals surface area contributed by atoms with E-state index in [1.807, 2.05) is 23.1 Å². The van der Waals surface area contributed by atoms with E-state index in [4.69, 9.17) is 11.6 Å². The lowest BCUT2D eigenvalue weighted by molar-refractivity contribution is 0.196. The second-order valence-corrected chi connectivity index (χ2v) is 8.01. The van der Waals surface area contributed by atoms with E-state index in [-0.39, 0.29) is 11.4 Å². The number of rotatable bonds is 1. The maximum Gasteiger partial charge on any atom is 0.326 e. The lowest BCUT2D eigenvalue weighted by Crippen LogP contribution is -2.45. The van der Waals surface area contributed by atoms with Crippen LogP contribution in [0.1, 0.15) is 24.0 Å². The molecular formula is C21H24ClN3O. The fourth-order valence-electron chi connectivity index (χ4n) is 4.18. The van der Waals surface area contributed by atoms with Crippen molar-refractivity contribution in [2.24, 2.45) is 0 Å². The van der Waals surface area contributed by atoms with E-state index >= 15 is 0 Å². The minimum atomic E-state index is -0.112. The largest absolute Gasteiger partial charge is 0.326 e. The molecular weight excluding hydrogens is 346 g/mol. The zero-order valence-electron chi connectivity index (χ0n) is 15.3. The Morgan fingerprint density at radius 1 is 1.15 bits per heavy atom. The predicted octanol–water partition coefficient (Wildman–Crippen LogP) is 4.66. The van der Waals surface area contributed by atoms with Crippen molar-refractivity contribution in [2.75, 3.05) is 36.9 Å². The molecule has 0 radical (unpaired) electrons. The van der Waals surface area contributed by atoms with E-state index in [1.54, 1.807) is 6.07 Å². The number of nitrogens with zero attached hydrogens (tertiary/aromatic N) is 2. The summed E-state index contributed by atoms with van der Waals surface area (Å²) in [5, 5.41) is 3.54. The number of para-hydroxylation sites is 1. The average Bonchev–Trinajstić information content (AvgIpc) is 2.94. The van der Waals surface area contributed by atoms with Crippen molar-refractivity contribution < 1.29 is 4.79 Å². The third-order valence-electron chi connectivity index (χ3n) is 5.78. The van der Waals surface area contributed by atoms with Crippen LogP contribution in [-0.2, 0) is 5.41 Å². The van der Waals surface area contributed by atoms with Gasteiger partial charge in [0.1, 0.15) is 0 Å². The number of halogens is 1. The predicted molar refractivity (Wildman–Crippen MR) is 107 cm³/mol. The van der Waals surface area contributed by atoms with E-state index in [0.717, 1.165) is 38.2 Å². The summed E-state index contributed by atoms with van der Waals surface area (Å²) >= 11 is 6.22. The van der Waals surface area contributed by atoms with Crippen molar-refractivity contribution in [1.29, 1.82) is 0 Å². The number of amides is 2. The second kappa shape index (κ2) is 6.60. The Kier molecular flexibility index (Phi) is 4.41. The van der Waals surface area contributed by atoms with Crippen LogP contribution in [0.2, 0.25) is 5.02 Å². The number of anilines is 2. The van der Waals surface area contributed by atoms with Gasteiger partial charge in [-0.1, -0.05) is 41.4 Å². The molecule has 0 bridgehead atoms. The van der Waals surface area contributed by atoms with E-state index in [1.165, 1.54) is 11.1 Å².